The number of rotatable bonds is 4. The highest BCUT2D eigenvalue weighted by atomic mass is 16.2. The molecule has 1 atom stereocenters. The Labute approximate surface area is 113 Å². The first-order chi connectivity index (χ1) is 9.08. The number of benzene rings is 1. The van der Waals surface area contributed by atoms with Gasteiger partial charge in [0.15, 0.2) is 0 Å². The van der Waals surface area contributed by atoms with Crippen LogP contribution in [0.2, 0.25) is 0 Å². The van der Waals surface area contributed by atoms with Gasteiger partial charge >= 0.3 is 0 Å². The minimum atomic E-state index is -0.480. The topological polar surface area (TPSA) is 68.0 Å². The smallest absolute Gasteiger partial charge is 0.241 e. The van der Waals surface area contributed by atoms with Crippen LogP contribution in [0.4, 0.5) is 5.69 Å². The fourth-order valence-corrected chi connectivity index (χ4v) is 2.05. The first kappa shape index (κ1) is 13.5. The van der Waals surface area contributed by atoms with E-state index >= 15 is 0 Å². The van der Waals surface area contributed by atoms with E-state index in [1.54, 1.807) is 6.20 Å². The number of hydrogen-bond donors (Lipinski definition) is 2. The third-order valence-electron chi connectivity index (χ3n) is 2.97. The van der Waals surface area contributed by atoms with Gasteiger partial charge in [-0.2, -0.15) is 0 Å². The number of pyridine rings is 1. The molecule has 0 radical (unpaired) electrons. The van der Waals surface area contributed by atoms with Gasteiger partial charge in [-0.15, -0.1) is 0 Å². The summed E-state index contributed by atoms with van der Waals surface area (Å²) in [6.45, 7) is 4.10. The van der Waals surface area contributed by atoms with Gasteiger partial charge in [-0.25, -0.2) is 0 Å². The summed E-state index contributed by atoms with van der Waals surface area (Å²) < 4.78 is 0. The van der Waals surface area contributed by atoms with Gasteiger partial charge in [-0.05, 0) is 36.6 Å². The van der Waals surface area contributed by atoms with Crippen molar-refractivity contribution in [3.05, 3.63) is 36.5 Å². The lowest BCUT2D eigenvalue weighted by molar-refractivity contribution is -0.117. The Morgan fingerprint density at radius 3 is 2.84 bits per heavy atom. The van der Waals surface area contributed by atoms with E-state index in [9.17, 15) is 4.79 Å². The molecule has 3 N–H and O–H groups in total. The number of carbonyl (C=O) groups excluding carboxylic acids is 1. The number of amides is 1. The second-order valence-corrected chi connectivity index (χ2v) is 5.10. The summed E-state index contributed by atoms with van der Waals surface area (Å²) in [6, 6.07) is 8.96. The Bertz CT molecular complexity index is 575. The van der Waals surface area contributed by atoms with Crippen LogP contribution in [0.1, 0.15) is 20.3 Å². The molecule has 4 heteroatoms. The average Bonchev–Trinajstić information content (AvgIpc) is 2.38. The normalized spacial score (nSPS) is 12.6. The van der Waals surface area contributed by atoms with Crippen LogP contribution in [-0.4, -0.2) is 16.9 Å². The van der Waals surface area contributed by atoms with Crippen molar-refractivity contribution in [1.29, 1.82) is 0 Å². The molecule has 1 amide bonds. The fraction of sp³-hybridized carbons (Fsp3) is 0.333. The molecule has 100 valence electrons. The van der Waals surface area contributed by atoms with E-state index in [1.165, 1.54) is 0 Å². The summed E-state index contributed by atoms with van der Waals surface area (Å²) in [5.74, 6) is 0.250. The SMILES string of the molecule is CC(C)CC(N)C(=O)Nc1cccc2ncccc12. The van der Waals surface area contributed by atoms with Gasteiger partial charge in [0, 0.05) is 11.6 Å². The summed E-state index contributed by atoms with van der Waals surface area (Å²) in [5, 5.41) is 3.81. The molecular weight excluding hydrogens is 238 g/mol. The highest BCUT2D eigenvalue weighted by Crippen LogP contribution is 2.21. The maximum Gasteiger partial charge on any atom is 0.241 e. The molecule has 1 aromatic heterocycles. The van der Waals surface area contributed by atoms with E-state index in [2.05, 4.69) is 24.1 Å². The number of fused-ring (bicyclic) bond motifs is 1. The van der Waals surface area contributed by atoms with E-state index in [4.69, 9.17) is 5.73 Å². The van der Waals surface area contributed by atoms with E-state index in [0.717, 1.165) is 16.6 Å². The van der Waals surface area contributed by atoms with Crippen molar-refractivity contribution < 1.29 is 4.79 Å². The molecular formula is C15H19N3O. The van der Waals surface area contributed by atoms with Crippen molar-refractivity contribution in [1.82, 2.24) is 4.98 Å². The third kappa shape index (κ3) is 3.29. The molecule has 0 saturated carbocycles. The Morgan fingerprint density at radius 2 is 2.11 bits per heavy atom. The van der Waals surface area contributed by atoms with Crippen LogP contribution in [0.15, 0.2) is 36.5 Å². The van der Waals surface area contributed by atoms with Crippen LogP contribution < -0.4 is 11.1 Å². The first-order valence-corrected chi connectivity index (χ1v) is 6.48. The van der Waals surface area contributed by atoms with Gasteiger partial charge in [-0.3, -0.25) is 9.78 Å². The molecule has 1 unspecified atom stereocenters. The van der Waals surface area contributed by atoms with E-state index in [0.29, 0.717) is 12.3 Å². The number of nitrogens with one attached hydrogen (secondary N) is 1. The summed E-state index contributed by atoms with van der Waals surface area (Å²) in [5.41, 5.74) is 7.50. The molecule has 2 rings (SSSR count). The summed E-state index contributed by atoms with van der Waals surface area (Å²) in [7, 11) is 0. The zero-order valence-corrected chi connectivity index (χ0v) is 11.3. The second-order valence-electron chi connectivity index (χ2n) is 5.10. The predicted octanol–water partition coefficient (Wildman–Crippen LogP) is 2.55. The molecule has 0 spiro atoms. The zero-order chi connectivity index (χ0) is 13.8. The minimum absolute atomic E-state index is 0.148. The number of hydrogen-bond acceptors (Lipinski definition) is 3. The average molecular weight is 257 g/mol. The molecule has 1 heterocycles. The standard InChI is InChI=1S/C15H19N3O/c1-10(2)9-12(16)15(19)18-14-7-3-6-13-11(14)5-4-8-17-13/h3-8,10,12H,9,16H2,1-2H3,(H,18,19). The predicted molar refractivity (Wildman–Crippen MR) is 77.8 cm³/mol. The molecule has 0 fully saturated rings. The Kier molecular flexibility index (Phi) is 4.12. The monoisotopic (exact) mass is 257 g/mol. The Balaban J connectivity index is 2.19. The van der Waals surface area contributed by atoms with Crippen molar-refractivity contribution >= 4 is 22.5 Å². The Morgan fingerprint density at radius 1 is 1.32 bits per heavy atom. The van der Waals surface area contributed by atoms with Gasteiger partial charge in [0.25, 0.3) is 0 Å². The first-order valence-electron chi connectivity index (χ1n) is 6.48. The van der Waals surface area contributed by atoms with Crippen molar-refractivity contribution in [2.75, 3.05) is 5.32 Å². The van der Waals surface area contributed by atoms with Crippen molar-refractivity contribution in [3.8, 4) is 0 Å². The number of nitrogens with two attached hydrogens (primary N) is 1. The molecule has 4 nitrogen and oxygen atoms in total. The lowest BCUT2D eigenvalue weighted by Gasteiger charge is -2.15. The summed E-state index contributed by atoms with van der Waals surface area (Å²) in [4.78, 5) is 16.3. The molecule has 0 bridgehead atoms. The quantitative estimate of drug-likeness (QED) is 0.884. The van der Waals surface area contributed by atoms with Crippen LogP contribution >= 0.6 is 0 Å². The van der Waals surface area contributed by atoms with Crippen molar-refractivity contribution in [2.45, 2.75) is 26.3 Å². The van der Waals surface area contributed by atoms with Crippen LogP contribution in [0.25, 0.3) is 10.9 Å². The van der Waals surface area contributed by atoms with Crippen molar-refractivity contribution in [3.63, 3.8) is 0 Å². The molecule has 0 saturated heterocycles. The largest absolute Gasteiger partial charge is 0.324 e. The van der Waals surface area contributed by atoms with Gasteiger partial charge in [0.05, 0.1) is 17.2 Å². The molecule has 0 aliphatic heterocycles. The minimum Gasteiger partial charge on any atom is -0.324 e. The van der Waals surface area contributed by atoms with Crippen molar-refractivity contribution in [2.24, 2.45) is 11.7 Å². The fourth-order valence-electron chi connectivity index (χ4n) is 2.05. The van der Waals surface area contributed by atoms with E-state index in [-0.39, 0.29) is 5.91 Å². The molecule has 1 aromatic carbocycles. The van der Waals surface area contributed by atoms with Gasteiger partial charge in [-0.1, -0.05) is 19.9 Å². The second kappa shape index (κ2) is 5.80. The lowest BCUT2D eigenvalue weighted by Crippen LogP contribution is -2.36. The maximum atomic E-state index is 12.0. The third-order valence-corrected chi connectivity index (χ3v) is 2.97. The van der Waals surface area contributed by atoms with Gasteiger partial charge in [0.1, 0.15) is 0 Å². The number of aromatic nitrogens is 1. The maximum absolute atomic E-state index is 12.0. The zero-order valence-electron chi connectivity index (χ0n) is 11.3. The summed E-state index contributed by atoms with van der Waals surface area (Å²) in [6.07, 6.45) is 2.41. The Hall–Kier alpha value is -1.94. The van der Waals surface area contributed by atoms with Crippen LogP contribution in [0.3, 0.4) is 0 Å². The summed E-state index contributed by atoms with van der Waals surface area (Å²) >= 11 is 0. The molecule has 0 aliphatic carbocycles. The lowest BCUT2D eigenvalue weighted by atomic mass is 10.0. The van der Waals surface area contributed by atoms with Crippen LogP contribution in [-0.2, 0) is 4.79 Å². The van der Waals surface area contributed by atoms with Crippen LogP contribution in [0.5, 0.6) is 0 Å². The van der Waals surface area contributed by atoms with E-state index < -0.39 is 6.04 Å². The molecule has 0 aliphatic rings. The highest BCUT2D eigenvalue weighted by molar-refractivity contribution is 6.02. The molecule has 2 aromatic rings. The van der Waals surface area contributed by atoms with Crippen LogP contribution in [0, 0.1) is 5.92 Å². The van der Waals surface area contributed by atoms with Gasteiger partial charge < -0.3 is 11.1 Å². The number of carbonyl (C=O) groups is 1. The van der Waals surface area contributed by atoms with E-state index in [1.807, 2.05) is 30.3 Å². The number of nitrogens with zero attached hydrogens (tertiary/aromatic N) is 1. The number of anilines is 1. The molecule has 19 heavy (non-hydrogen) atoms. The van der Waals surface area contributed by atoms with Gasteiger partial charge in [0.2, 0.25) is 5.91 Å². The highest BCUT2D eigenvalue weighted by Gasteiger charge is 2.15.